The number of para-hydroxylation sites is 2. The molecule has 1 heterocycles. The zero-order valence-electron chi connectivity index (χ0n) is 15.1. The monoisotopic (exact) mass is 331 g/mol. The van der Waals surface area contributed by atoms with Crippen LogP contribution in [0.4, 0.5) is 5.69 Å². The number of piperazine rings is 1. The van der Waals surface area contributed by atoms with Gasteiger partial charge in [-0.1, -0.05) is 24.3 Å². The molecule has 1 saturated heterocycles. The van der Waals surface area contributed by atoms with E-state index in [0.717, 1.165) is 49.7 Å². The summed E-state index contributed by atoms with van der Waals surface area (Å²) in [5.74, 6) is 1.09. The molecule has 0 N–H and O–H groups in total. The van der Waals surface area contributed by atoms with E-state index in [1.54, 1.807) is 7.11 Å². The van der Waals surface area contributed by atoms with Crippen LogP contribution in [0.3, 0.4) is 0 Å². The fourth-order valence-electron chi connectivity index (χ4n) is 3.03. The first-order valence-electron chi connectivity index (χ1n) is 8.57. The number of benzene rings is 1. The first kappa shape index (κ1) is 18.3. The Hall–Kier alpha value is -2.01. The molecule has 0 unspecified atom stereocenters. The number of methoxy groups -OCH3 is 1. The first-order valence-corrected chi connectivity index (χ1v) is 8.57. The number of anilines is 1. The van der Waals surface area contributed by atoms with Crippen LogP contribution in [0.25, 0.3) is 0 Å². The van der Waals surface area contributed by atoms with Crippen LogP contribution in [-0.2, 0) is 4.79 Å². The minimum Gasteiger partial charge on any atom is -0.495 e. The number of hydrogen-bond acceptors (Lipinski definition) is 4. The van der Waals surface area contributed by atoms with Crippen LogP contribution in [0.2, 0.25) is 0 Å². The Morgan fingerprint density at radius 3 is 2.50 bits per heavy atom. The van der Waals surface area contributed by atoms with Gasteiger partial charge in [0.1, 0.15) is 5.75 Å². The third kappa shape index (κ3) is 4.74. The lowest BCUT2D eigenvalue weighted by Gasteiger charge is -2.37. The van der Waals surface area contributed by atoms with Crippen molar-refractivity contribution in [1.82, 2.24) is 9.80 Å². The lowest BCUT2D eigenvalue weighted by molar-refractivity contribution is -0.131. The number of carbonyl (C=O) groups is 1. The normalized spacial score (nSPS) is 15.2. The molecule has 0 bridgehead atoms. The van der Waals surface area contributed by atoms with Crippen LogP contribution in [0.5, 0.6) is 5.75 Å². The van der Waals surface area contributed by atoms with Crippen LogP contribution >= 0.6 is 0 Å². The third-order valence-electron chi connectivity index (χ3n) is 4.35. The van der Waals surface area contributed by atoms with Gasteiger partial charge in [-0.15, -0.1) is 0 Å². The van der Waals surface area contributed by atoms with E-state index in [4.69, 9.17) is 4.74 Å². The van der Waals surface area contributed by atoms with Gasteiger partial charge in [0, 0.05) is 39.3 Å². The SMILES string of the molecule is C=C(C)CN(CC)C(=O)CN1CCN(c2ccccc2OC)CC1. The van der Waals surface area contributed by atoms with E-state index < -0.39 is 0 Å². The van der Waals surface area contributed by atoms with E-state index in [-0.39, 0.29) is 5.91 Å². The molecule has 1 amide bonds. The Kier molecular flexibility index (Phi) is 6.67. The fraction of sp³-hybridized carbons (Fsp3) is 0.526. The van der Waals surface area contributed by atoms with E-state index in [1.807, 2.05) is 36.9 Å². The van der Waals surface area contributed by atoms with Gasteiger partial charge in [0.15, 0.2) is 0 Å². The molecule has 0 atom stereocenters. The van der Waals surface area contributed by atoms with Crippen LogP contribution < -0.4 is 9.64 Å². The number of likely N-dealkylation sites (N-methyl/N-ethyl adjacent to an activating group) is 1. The molecule has 0 aliphatic carbocycles. The molecule has 1 aromatic carbocycles. The van der Waals surface area contributed by atoms with E-state index in [1.165, 1.54) is 0 Å². The topological polar surface area (TPSA) is 36.0 Å². The molecule has 1 aliphatic heterocycles. The van der Waals surface area contributed by atoms with Gasteiger partial charge >= 0.3 is 0 Å². The molecule has 0 spiro atoms. The maximum atomic E-state index is 12.4. The summed E-state index contributed by atoms with van der Waals surface area (Å²) in [7, 11) is 1.70. The summed E-state index contributed by atoms with van der Waals surface area (Å²) >= 11 is 0. The van der Waals surface area contributed by atoms with Crippen molar-refractivity contribution in [3.05, 3.63) is 36.4 Å². The second-order valence-corrected chi connectivity index (χ2v) is 6.30. The van der Waals surface area contributed by atoms with Gasteiger partial charge in [0.2, 0.25) is 5.91 Å². The molecule has 0 radical (unpaired) electrons. The van der Waals surface area contributed by atoms with E-state index in [2.05, 4.69) is 22.4 Å². The third-order valence-corrected chi connectivity index (χ3v) is 4.35. The van der Waals surface area contributed by atoms with Crippen LogP contribution in [-0.4, -0.2) is 68.6 Å². The van der Waals surface area contributed by atoms with Crippen LogP contribution in [0.1, 0.15) is 13.8 Å². The lowest BCUT2D eigenvalue weighted by Crippen LogP contribution is -2.50. The van der Waals surface area contributed by atoms with Crippen LogP contribution in [0, 0.1) is 0 Å². The maximum absolute atomic E-state index is 12.4. The Balaban J connectivity index is 1.88. The second-order valence-electron chi connectivity index (χ2n) is 6.30. The average Bonchev–Trinajstić information content (AvgIpc) is 2.60. The van der Waals surface area contributed by atoms with E-state index >= 15 is 0 Å². The van der Waals surface area contributed by atoms with Crippen molar-refractivity contribution in [2.75, 3.05) is 57.8 Å². The van der Waals surface area contributed by atoms with Crippen molar-refractivity contribution in [1.29, 1.82) is 0 Å². The molecule has 2 rings (SSSR count). The number of carbonyl (C=O) groups excluding carboxylic acids is 1. The smallest absolute Gasteiger partial charge is 0.237 e. The number of hydrogen-bond donors (Lipinski definition) is 0. The van der Waals surface area contributed by atoms with Crippen molar-refractivity contribution in [3.63, 3.8) is 0 Å². The molecule has 24 heavy (non-hydrogen) atoms. The summed E-state index contributed by atoms with van der Waals surface area (Å²) in [6.07, 6.45) is 0. The zero-order chi connectivity index (χ0) is 17.5. The van der Waals surface area contributed by atoms with Gasteiger partial charge in [-0.25, -0.2) is 0 Å². The highest BCUT2D eigenvalue weighted by molar-refractivity contribution is 5.78. The van der Waals surface area contributed by atoms with Crippen molar-refractivity contribution in [2.45, 2.75) is 13.8 Å². The number of ether oxygens (including phenoxy) is 1. The highest BCUT2D eigenvalue weighted by Gasteiger charge is 2.22. The van der Waals surface area contributed by atoms with Gasteiger partial charge in [-0.2, -0.15) is 0 Å². The van der Waals surface area contributed by atoms with Crippen LogP contribution in [0.15, 0.2) is 36.4 Å². The molecular formula is C19H29N3O2. The van der Waals surface area contributed by atoms with Gasteiger partial charge < -0.3 is 14.5 Å². The minimum atomic E-state index is 0.186. The predicted octanol–water partition coefficient (Wildman–Crippen LogP) is 2.24. The van der Waals surface area contributed by atoms with Crippen molar-refractivity contribution >= 4 is 11.6 Å². The van der Waals surface area contributed by atoms with Gasteiger partial charge in [-0.3, -0.25) is 9.69 Å². The molecule has 1 aliphatic rings. The molecule has 5 heteroatoms. The maximum Gasteiger partial charge on any atom is 0.237 e. The Morgan fingerprint density at radius 2 is 1.92 bits per heavy atom. The molecule has 0 aromatic heterocycles. The molecule has 5 nitrogen and oxygen atoms in total. The van der Waals surface area contributed by atoms with Gasteiger partial charge in [0.25, 0.3) is 0 Å². The van der Waals surface area contributed by atoms with Gasteiger partial charge in [0.05, 0.1) is 19.3 Å². The first-order chi connectivity index (χ1) is 11.5. The summed E-state index contributed by atoms with van der Waals surface area (Å²) < 4.78 is 5.45. The van der Waals surface area contributed by atoms with Crippen molar-refractivity contribution < 1.29 is 9.53 Å². The lowest BCUT2D eigenvalue weighted by atomic mass is 10.2. The standard InChI is InChI=1S/C19H29N3O2/c1-5-21(14-16(2)3)19(23)15-20-10-12-22(13-11-20)17-8-6-7-9-18(17)24-4/h6-9H,2,5,10-15H2,1,3-4H3. The van der Waals surface area contributed by atoms with E-state index in [9.17, 15) is 4.79 Å². The minimum absolute atomic E-state index is 0.186. The fourth-order valence-corrected chi connectivity index (χ4v) is 3.03. The highest BCUT2D eigenvalue weighted by Crippen LogP contribution is 2.28. The summed E-state index contributed by atoms with van der Waals surface area (Å²) in [5, 5.41) is 0. The Bertz CT molecular complexity index is 565. The summed E-state index contributed by atoms with van der Waals surface area (Å²) in [6, 6.07) is 8.09. The Labute approximate surface area is 145 Å². The largest absolute Gasteiger partial charge is 0.495 e. The average molecular weight is 331 g/mol. The van der Waals surface area contributed by atoms with E-state index in [0.29, 0.717) is 13.1 Å². The number of amides is 1. The molecule has 1 aromatic rings. The predicted molar refractivity (Wildman–Crippen MR) is 98.7 cm³/mol. The molecule has 0 saturated carbocycles. The second kappa shape index (κ2) is 8.73. The molecule has 132 valence electrons. The van der Waals surface area contributed by atoms with Crippen molar-refractivity contribution in [3.8, 4) is 5.75 Å². The summed E-state index contributed by atoms with van der Waals surface area (Å²) in [6.45, 7) is 13.3. The summed E-state index contributed by atoms with van der Waals surface area (Å²) in [5.41, 5.74) is 2.15. The Morgan fingerprint density at radius 1 is 1.25 bits per heavy atom. The zero-order valence-corrected chi connectivity index (χ0v) is 15.1. The number of nitrogens with zero attached hydrogens (tertiary/aromatic N) is 3. The quantitative estimate of drug-likeness (QED) is 0.718. The highest BCUT2D eigenvalue weighted by atomic mass is 16.5. The molecular weight excluding hydrogens is 302 g/mol. The molecule has 1 fully saturated rings. The number of rotatable bonds is 7. The summed E-state index contributed by atoms with van der Waals surface area (Å²) in [4.78, 5) is 18.9. The van der Waals surface area contributed by atoms with Crippen molar-refractivity contribution in [2.24, 2.45) is 0 Å². The van der Waals surface area contributed by atoms with Gasteiger partial charge in [-0.05, 0) is 26.0 Å².